The lowest BCUT2D eigenvalue weighted by atomic mass is 10.1. The molecule has 1 saturated heterocycles. The molecule has 0 spiro atoms. The molecule has 9 nitrogen and oxygen atoms in total. The van der Waals surface area contributed by atoms with Crippen molar-refractivity contribution >= 4 is 34.0 Å². The van der Waals surface area contributed by atoms with E-state index in [-0.39, 0.29) is 35.4 Å². The molecular weight excluding hydrogens is 408 g/mol. The first-order chi connectivity index (χ1) is 12.9. The standard InChI is InChI=1S/C17H22N4O5S.ClH/c22-17(19-12-13-6-8-18-9-7-13)16-5-2-10-20(16)27(25,26)15-4-1-3-14(11-15)21(23)24;/h1,3-4,6,11,16,18H,2,5,7-10,12H2,(H,19,22);1H. The summed E-state index contributed by atoms with van der Waals surface area (Å²) in [7, 11) is -3.99. The van der Waals surface area contributed by atoms with Crippen LogP contribution in [0.2, 0.25) is 0 Å². The van der Waals surface area contributed by atoms with E-state index in [1.54, 1.807) is 0 Å². The van der Waals surface area contributed by atoms with E-state index in [0.29, 0.717) is 19.4 Å². The third-order valence-corrected chi connectivity index (χ3v) is 6.69. The van der Waals surface area contributed by atoms with Gasteiger partial charge < -0.3 is 10.6 Å². The molecule has 0 aromatic heterocycles. The van der Waals surface area contributed by atoms with Crippen LogP contribution >= 0.6 is 12.4 Å². The Morgan fingerprint density at radius 2 is 2.18 bits per heavy atom. The highest BCUT2D eigenvalue weighted by Gasteiger charge is 2.39. The largest absolute Gasteiger partial charge is 0.351 e. The minimum absolute atomic E-state index is 0. The van der Waals surface area contributed by atoms with Gasteiger partial charge in [-0.05, 0) is 31.9 Å². The van der Waals surface area contributed by atoms with Crippen LogP contribution in [0.5, 0.6) is 0 Å². The minimum Gasteiger partial charge on any atom is -0.351 e. The number of benzene rings is 1. The van der Waals surface area contributed by atoms with Crippen LogP contribution in [0.3, 0.4) is 0 Å². The molecule has 1 unspecified atom stereocenters. The molecule has 2 aliphatic rings. The molecule has 28 heavy (non-hydrogen) atoms. The molecule has 0 bridgehead atoms. The van der Waals surface area contributed by atoms with Crippen molar-refractivity contribution < 1.29 is 18.1 Å². The Labute approximate surface area is 169 Å². The first-order valence-electron chi connectivity index (χ1n) is 8.82. The molecule has 1 amide bonds. The number of carbonyl (C=O) groups excluding carboxylic acids is 1. The fourth-order valence-electron chi connectivity index (χ4n) is 3.33. The molecule has 1 aromatic rings. The van der Waals surface area contributed by atoms with Gasteiger partial charge >= 0.3 is 0 Å². The number of halogens is 1. The third-order valence-electron chi connectivity index (χ3n) is 4.79. The Balaban J connectivity index is 0.00000280. The molecule has 11 heteroatoms. The number of non-ortho nitro benzene ring substituents is 1. The Hall–Kier alpha value is -2.01. The molecule has 2 heterocycles. The zero-order chi connectivity index (χ0) is 19.4. The smallest absolute Gasteiger partial charge is 0.270 e. The summed E-state index contributed by atoms with van der Waals surface area (Å²) in [5.74, 6) is -0.332. The minimum atomic E-state index is -3.99. The van der Waals surface area contributed by atoms with E-state index < -0.39 is 21.0 Å². The van der Waals surface area contributed by atoms with Crippen molar-refractivity contribution in [3.8, 4) is 0 Å². The summed E-state index contributed by atoms with van der Waals surface area (Å²) in [6.45, 7) is 2.25. The van der Waals surface area contributed by atoms with Gasteiger partial charge in [0.15, 0.2) is 0 Å². The van der Waals surface area contributed by atoms with Crippen molar-refractivity contribution in [1.29, 1.82) is 0 Å². The number of rotatable bonds is 6. The number of hydrogen-bond acceptors (Lipinski definition) is 6. The molecule has 0 radical (unpaired) electrons. The highest BCUT2D eigenvalue weighted by molar-refractivity contribution is 7.89. The van der Waals surface area contributed by atoms with E-state index in [4.69, 9.17) is 0 Å². The van der Waals surface area contributed by atoms with Gasteiger partial charge in [-0.3, -0.25) is 14.9 Å². The third kappa shape index (κ3) is 4.88. The van der Waals surface area contributed by atoms with Gasteiger partial charge in [-0.1, -0.05) is 17.7 Å². The number of nitrogens with zero attached hydrogens (tertiary/aromatic N) is 2. The Bertz CT molecular complexity index is 874. The van der Waals surface area contributed by atoms with Gasteiger partial charge in [0.25, 0.3) is 5.69 Å². The normalized spacial score (nSPS) is 20.1. The Morgan fingerprint density at radius 1 is 1.39 bits per heavy atom. The van der Waals surface area contributed by atoms with Crippen molar-refractivity contribution in [2.45, 2.75) is 30.2 Å². The summed E-state index contributed by atoms with van der Waals surface area (Å²) < 4.78 is 27.0. The van der Waals surface area contributed by atoms with Gasteiger partial charge in [-0.15, -0.1) is 12.4 Å². The second kappa shape index (κ2) is 9.46. The molecule has 0 aliphatic carbocycles. The van der Waals surface area contributed by atoms with Gasteiger partial charge in [-0.2, -0.15) is 4.31 Å². The molecule has 154 valence electrons. The molecule has 2 aliphatic heterocycles. The maximum Gasteiger partial charge on any atom is 0.270 e. The van der Waals surface area contributed by atoms with Crippen LogP contribution in [-0.4, -0.2) is 55.8 Å². The van der Waals surface area contributed by atoms with Crippen molar-refractivity contribution in [3.05, 3.63) is 46.0 Å². The van der Waals surface area contributed by atoms with Crippen LogP contribution in [0.1, 0.15) is 19.3 Å². The molecule has 1 aromatic carbocycles. The van der Waals surface area contributed by atoms with Crippen molar-refractivity contribution in [3.63, 3.8) is 0 Å². The second-order valence-corrected chi connectivity index (χ2v) is 8.45. The summed E-state index contributed by atoms with van der Waals surface area (Å²) >= 11 is 0. The lowest BCUT2D eigenvalue weighted by Crippen LogP contribution is -2.46. The SMILES string of the molecule is Cl.O=C(NCC1=CCNCC1)C1CCCN1S(=O)(=O)c1cccc([N+](=O)[O-])c1. The lowest BCUT2D eigenvalue weighted by molar-refractivity contribution is -0.385. The van der Waals surface area contributed by atoms with E-state index in [2.05, 4.69) is 10.6 Å². The Kier molecular flexibility index (Phi) is 7.53. The predicted molar refractivity (Wildman–Crippen MR) is 106 cm³/mol. The highest BCUT2D eigenvalue weighted by Crippen LogP contribution is 2.28. The number of amides is 1. The topological polar surface area (TPSA) is 122 Å². The van der Waals surface area contributed by atoms with Crippen LogP contribution < -0.4 is 10.6 Å². The van der Waals surface area contributed by atoms with Crippen molar-refractivity contribution in [1.82, 2.24) is 14.9 Å². The van der Waals surface area contributed by atoms with E-state index in [0.717, 1.165) is 35.5 Å². The number of nitrogens with one attached hydrogen (secondary N) is 2. The maximum absolute atomic E-state index is 12.9. The van der Waals surface area contributed by atoms with E-state index >= 15 is 0 Å². The monoisotopic (exact) mass is 430 g/mol. The first kappa shape index (κ1) is 22.3. The van der Waals surface area contributed by atoms with Crippen LogP contribution in [0.15, 0.2) is 40.8 Å². The molecule has 1 fully saturated rings. The summed E-state index contributed by atoms with van der Waals surface area (Å²) in [4.78, 5) is 22.7. The first-order valence-corrected chi connectivity index (χ1v) is 10.3. The van der Waals surface area contributed by atoms with Gasteiger partial charge in [0.2, 0.25) is 15.9 Å². The second-order valence-electron chi connectivity index (χ2n) is 6.56. The number of nitro groups is 1. The lowest BCUT2D eigenvalue weighted by Gasteiger charge is -2.24. The number of sulfonamides is 1. The molecule has 2 N–H and O–H groups in total. The quantitative estimate of drug-likeness (QED) is 0.397. The van der Waals surface area contributed by atoms with Gasteiger partial charge in [0.1, 0.15) is 6.04 Å². The van der Waals surface area contributed by atoms with Crippen molar-refractivity contribution in [2.24, 2.45) is 0 Å². The fourth-order valence-corrected chi connectivity index (χ4v) is 5.03. The highest BCUT2D eigenvalue weighted by atomic mass is 35.5. The van der Waals surface area contributed by atoms with E-state index in [1.165, 1.54) is 18.2 Å². The van der Waals surface area contributed by atoms with Crippen LogP contribution in [0.25, 0.3) is 0 Å². The Morgan fingerprint density at radius 3 is 2.86 bits per heavy atom. The average Bonchev–Trinajstić information content (AvgIpc) is 3.18. The molecule has 3 rings (SSSR count). The number of hydrogen-bond donors (Lipinski definition) is 2. The fraction of sp³-hybridized carbons (Fsp3) is 0.471. The van der Waals surface area contributed by atoms with Gasteiger partial charge in [0, 0.05) is 31.8 Å². The van der Waals surface area contributed by atoms with Crippen LogP contribution in [0.4, 0.5) is 5.69 Å². The van der Waals surface area contributed by atoms with Crippen LogP contribution in [-0.2, 0) is 14.8 Å². The maximum atomic E-state index is 12.9. The van der Waals surface area contributed by atoms with E-state index in [1.807, 2.05) is 6.08 Å². The average molecular weight is 431 g/mol. The van der Waals surface area contributed by atoms with Crippen molar-refractivity contribution in [2.75, 3.05) is 26.2 Å². The predicted octanol–water partition coefficient (Wildman–Crippen LogP) is 1.21. The summed E-state index contributed by atoms with van der Waals surface area (Å²) in [5, 5.41) is 17.0. The summed E-state index contributed by atoms with van der Waals surface area (Å²) in [5.41, 5.74) is 0.822. The number of nitro benzene ring substituents is 1. The molecule has 0 saturated carbocycles. The van der Waals surface area contributed by atoms with E-state index in [9.17, 15) is 23.3 Å². The molecule has 1 atom stereocenters. The summed E-state index contributed by atoms with van der Waals surface area (Å²) in [6.07, 6.45) is 3.87. The zero-order valence-corrected chi connectivity index (χ0v) is 16.8. The van der Waals surface area contributed by atoms with Gasteiger partial charge in [0.05, 0.1) is 9.82 Å². The van der Waals surface area contributed by atoms with Crippen LogP contribution in [0, 0.1) is 10.1 Å². The molecular formula is C17H23ClN4O5S. The zero-order valence-electron chi connectivity index (χ0n) is 15.2. The summed E-state index contributed by atoms with van der Waals surface area (Å²) in [6, 6.07) is 4.12. The van der Waals surface area contributed by atoms with Gasteiger partial charge in [-0.25, -0.2) is 8.42 Å². The number of carbonyl (C=O) groups is 1.